The Labute approximate surface area is 49.9 Å². The van der Waals surface area contributed by atoms with Crippen LogP contribution in [0.5, 0.6) is 0 Å². The quantitative estimate of drug-likeness (QED) is 0.410. The second-order valence-electron chi connectivity index (χ2n) is 1.58. The molecule has 0 unspecified atom stereocenters. The molecule has 3 N–H and O–H groups in total. The van der Waals surface area contributed by atoms with Crippen LogP contribution in [0.15, 0.2) is 11.6 Å². The third kappa shape index (κ3) is 1.78. The molecule has 8 heavy (non-hydrogen) atoms. The van der Waals surface area contributed by atoms with E-state index in [-0.39, 0.29) is 5.84 Å². The van der Waals surface area contributed by atoms with Crippen molar-refractivity contribution in [3.8, 4) is 0 Å². The standard InChI is InChI=1S/C6H12N2/c1-3-5(4-2)6(7)8/h3H,4H2,1-2H3,(H3,7,8)/b5-3+. The van der Waals surface area contributed by atoms with Crippen LogP contribution in [0.2, 0.25) is 0 Å². The van der Waals surface area contributed by atoms with Crippen LogP contribution in [0.3, 0.4) is 0 Å². The summed E-state index contributed by atoms with van der Waals surface area (Å²) in [5.41, 5.74) is 6.09. The van der Waals surface area contributed by atoms with Crippen LogP contribution in [0.4, 0.5) is 0 Å². The van der Waals surface area contributed by atoms with E-state index in [2.05, 4.69) is 0 Å². The van der Waals surface area contributed by atoms with Gasteiger partial charge in [-0.25, -0.2) is 0 Å². The molecule has 0 atom stereocenters. The average molecular weight is 112 g/mol. The summed E-state index contributed by atoms with van der Waals surface area (Å²) in [5.74, 6) is 0.190. The molecule has 0 fully saturated rings. The fourth-order valence-electron chi connectivity index (χ4n) is 0.550. The zero-order chi connectivity index (χ0) is 6.57. The van der Waals surface area contributed by atoms with Crippen LogP contribution in [-0.2, 0) is 0 Å². The lowest BCUT2D eigenvalue weighted by Crippen LogP contribution is -2.11. The molecule has 0 aromatic carbocycles. The van der Waals surface area contributed by atoms with Crippen LogP contribution < -0.4 is 5.73 Å². The molecular weight excluding hydrogens is 100 g/mol. The number of hydrogen-bond donors (Lipinski definition) is 2. The minimum absolute atomic E-state index is 0.190. The zero-order valence-electron chi connectivity index (χ0n) is 5.36. The van der Waals surface area contributed by atoms with Gasteiger partial charge in [-0.15, -0.1) is 0 Å². The molecule has 0 bridgehead atoms. The summed E-state index contributed by atoms with van der Waals surface area (Å²) in [6.07, 6.45) is 2.72. The molecule has 0 spiro atoms. The van der Waals surface area contributed by atoms with Crippen molar-refractivity contribution in [3.63, 3.8) is 0 Å². The lowest BCUT2D eigenvalue weighted by atomic mass is 10.2. The van der Waals surface area contributed by atoms with Gasteiger partial charge in [-0.2, -0.15) is 0 Å². The van der Waals surface area contributed by atoms with Gasteiger partial charge in [0.25, 0.3) is 0 Å². The van der Waals surface area contributed by atoms with Gasteiger partial charge in [-0.3, -0.25) is 5.41 Å². The molecule has 0 aliphatic rings. The van der Waals surface area contributed by atoms with Crippen LogP contribution in [-0.4, -0.2) is 5.84 Å². The monoisotopic (exact) mass is 112 g/mol. The van der Waals surface area contributed by atoms with E-state index < -0.39 is 0 Å². The van der Waals surface area contributed by atoms with Gasteiger partial charge >= 0.3 is 0 Å². The van der Waals surface area contributed by atoms with E-state index in [4.69, 9.17) is 11.1 Å². The Kier molecular flexibility index (Phi) is 2.92. The van der Waals surface area contributed by atoms with Crippen molar-refractivity contribution in [2.45, 2.75) is 20.3 Å². The van der Waals surface area contributed by atoms with Gasteiger partial charge in [0.2, 0.25) is 0 Å². The highest BCUT2D eigenvalue weighted by atomic mass is 14.7. The zero-order valence-corrected chi connectivity index (χ0v) is 5.36. The summed E-state index contributed by atoms with van der Waals surface area (Å²) < 4.78 is 0. The van der Waals surface area contributed by atoms with Gasteiger partial charge in [-0.1, -0.05) is 13.0 Å². The number of nitrogens with one attached hydrogen (secondary N) is 1. The minimum atomic E-state index is 0.190. The highest BCUT2D eigenvalue weighted by Crippen LogP contribution is 1.96. The second kappa shape index (κ2) is 3.24. The first-order chi connectivity index (χ1) is 3.72. The van der Waals surface area contributed by atoms with Crippen molar-refractivity contribution in [3.05, 3.63) is 11.6 Å². The molecule has 46 valence electrons. The summed E-state index contributed by atoms with van der Waals surface area (Å²) in [7, 11) is 0. The molecule has 0 heterocycles. The number of amidine groups is 1. The summed E-state index contributed by atoms with van der Waals surface area (Å²) in [4.78, 5) is 0. The van der Waals surface area contributed by atoms with Crippen molar-refractivity contribution >= 4 is 5.84 Å². The molecule has 0 amide bonds. The maximum absolute atomic E-state index is 6.96. The molecule has 0 saturated heterocycles. The summed E-state index contributed by atoms with van der Waals surface area (Å²) >= 11 is 0. The molecule has 0 radical (unpaired) electrons. The van der Waals surface area contributed by atoms with E-state index in [1.807, 2.05) is 19.9 Å². The predicted octanol–water partition coefficient (Wildman–Crippen LogP) is 1.28. The lowest BCUT2D eigenvalue weighted by molar-refractivity contribution is 1.14. The van der Waals surface area contributed by atoms with Gasteiger partial charge < -0.3 is 5.73 Å². The molecule has 2 nitrogen and oxygen atoms in total. The minimum Gasteiger partial charge on any atom is -0.384 e. The van der Waals surface area contributed by atoms with Gasteiger partial charge in [-0.05, 0) is 18.9 Å². The number of allylic oxidation sites excluding steroid dienone is 1. The van der Waals surface area contributed by atoms with Crippen LogP contribution in [0, 0.1) is 5.41 Å². The van der Waals surface area contributed by atoms with E-state index >= 15 is 0 Å². The second-order valence-corrected chi connectivity index (χ2v) is 1.58. The highest BCUT2D eigenvalue weighted by molar-refractivity contribution is 5.94. The van der Waals surface area contributed by atoms with Crippen LogP contribution in [0.25, 0.3) is 0 Å². The maximum Gasteiger partial charge on any atom is 0.118 e. The number of nitrogens with two attached hydrogens (primary N) is 1. The Hall–Kier alpha value is -0.790. The molecule has 0 aromatic rings. The molecule has 0 aliphatic heterocycles. The van der Waals surface area contributed by atoms with Crippen molar-refractivity contribution in [2.75, 3.05) is 0 Å². The van der Waals surface area contributed by atoms with Crippen molar-refractivity contribution in [1.82, 2.24) is 0 Å². The van der Waals surface area contributed by atoms with Crippen molar-refractivity contribution in [2.24, 2.45) is 5.73 Å². The van der Waals surface area contributed by atoms with Crippen molar-refractivity contribution < 1.29 is 0 Å². The normalized spacial score (nSPS) is 11.5. The Morgan fingerprint density at radius 1 is 1.75 bits per heavy atom. The van der Waals surface area contributed by atoms with Crippen LogP contribution >= 0.6 is 0 Å². The van der Waals surface area contributed by atoms with Crippen molar-refractivity contribution in [1.29, 1.82) is 5.41 Å². The molecule has 2 heteroatoms. The average Bonchev–Trinajstić information content (AvgIpc) is 1.69. The number of hydrogen-bond acceptors (Lipinski definition) is 1. The van der Waals surface area contributed by atoms with E-state index in [0.717, 1.165) is 12.0 Å². The van der Waals surface area contributed by atoms with Gasteiger partial charge in [0.1, 0.15) is 5.84 Å². The predicted molar refractivity (Wildman–Crippen MR) is 36.0 cm³/mol. The Morgan fingerprint density at radius 2 is 2.25 bits per heavy atom. The number of rotatable bonds is 2. The van der Waals surface area contributed by atoms with Gasteiger partial charge in [0, 0.05) is 0 Å². The molecule has 0 aromatic heterocycles. The SMILES string of the molecule is C/C=C(\CC)C(=N)N. The van der Waals surface area contributed by atoms with Crippen LogP contribution in [0.1, 0.15) is 20.3 Å². The first kappa shape index (κ1) is 7.21. The highest BCUT2D eigenvalue weighted by Gasteiger charge is 1.91. The summed E-state index contributed by atoms with van der Waals surface area (Å²) in [6, 6.07) is 0. The van der Waals surface area contributed by atoms with E-state index in [1.54, 1.807) is 0 Å². The van der Waals surface area contributed by atoms with E-state index in [9.17, 15) is 0 Å². The third-order valence-corrected chi connectivity index (χ3v) is 1.08. The van der Waals surface area contributed by atoms with Gasteiger partial charge in [0.15, 0.2) is 0 Å². The summed E-state index contributed by atoms with van der Waals surface area (Å²) in [6.45, 7) is 3.87. The molecule has 0 saturated carbocycles. The van der Waals surface area contributed by atoms with E-state index in [0.29, 0.717) is 0 Å². The third-order valence-electron chi connectivity index (χ3n) is 1.08. The van der Waals surface area contributed by atoms with Gasteiger partial charge in [0.05, 0.1) is 0 Å². The molecule has 0 rings (SSSR count). The fraction of sp³-hybridized carbons (Fsp3) is 0.500. The molecule has 0 aliphatic carbocycles. The Bertz CT molecular complexity index is 114. The Morgan fingerprint density at radius 3 is 2.25 bits per heavy atom. The molecular formula is C6H12N2. The summed E-state index contributed by atoms with van der Waals surface area (Å²) in [5, 5.41) is 6.96. The lowest BCUT2D eigenvalue weighted by Gasteiger charge is -1.96. The Balaban J connectivity index is 3.92. The maximum atomic E-state index is 6.96. The fourth-order valence-corrected chi connectivity index (χ4v) is 0.550. The first-order valence-electron chi connectivity index (χ1n) is 2.72. The first-order valence-corrected chi connectivity index (χ1v) is 2.72. The topological polar surface area (TPSA) is 49.9 Å². The smallest absolute Gasteiger partial charge is 0.118 e. The largest absolute Gasteiger partial charge is 0.384 e. The van der Waals surface area contributed by atoms with E-state index in [1.165, 1.54) is 0 Å².